The Morgan fingerprint density at radius 2 is 1.36 bits per heavy atom. The van der Waals surface area contributed by atoms with Gasteiger partial charge in [-0.1, -0.05) is 69.5 Å². The van der Waals surface area contributed by atoms with Gasteiger partial charge in [0.25, 0.3) is 5.91 Å². The molecule has 14 nitrogen and oxygen atoms in total. The fourth-order valence-electron chi connectivity index (χ4n) is 7.43. The number of alkyl carbamates (subject to hydrolysis) is 1. The van der Waals surface area contributed by atoms with Crippen molar-refractivity contribution < 1.29 is 28.9 Å². The van der Waals surface area contributed by atoms with Gasteiger partial charge in [-0.15, -0.1) is 9.24 Å². The van der Waals surface area contributed by atoms with Crippen LogP contribution in [0.2, 0.25) is 0 Å². The minimum Gasteiger partial charge on any atom is -0.453 e. The zero-order valence-electron chi connectivity index (χ0n) is 31.8. The first kappa shape index (κ1) is 48.5. The molecule has 2 aromatic heterocycles. The molecule has 2 saturated heterocycles. The van der Waals surface area contributed by atoms with Crippen molar-refractivity contribution in [3.63, 3.8) is 0 Å². The van der Waals surface area contributed by atoms with Crippen LogP contribution in [0.1, 0.15) is 87.0 Å². The minimum atomic E-state index is -0.780. The number of methoxy groups -OCH3 is 1. The number of hydrogen-bond acceptors (Lipinski definition) is 9. The maximum absolute atomic E-state index is 13.9. The summed E-state index contributed by atoms with van der Waals surface area (Å²) in [7, 11) is 5.03. The number of nitrogens with one attached hydrogen (secondary N) is 3. The van der Waals surface area contributed by atoms with E-state index in [1.807, 2.05) is 47.4 Å². The number of ether oxygens (including phenoxy) is 1. The number of amides is 3. The van der Waals surface area contributed by atoms with E-state index < -0.39 is 17.9 Å². The molecule has 0 aliphatic carbocycles. The van der Waals surface area contributed by atoms with Gasteiger partial charge in [0.1, 0.15) is 17.4 Å². The number of nitrogens with zero attached hydrogens (tertiary/aromatic N) is 5. The zero-order valence-corrected chi connectivity index (χ0v) is 35.0. The number of likely N-dealkylation sites (tertiary alicyclic amines) is 2. The Balaban J connectivity index is 0.00000233. The van der Waals surface area contributed by atoms with Gasteiger partial charge in [0.2, 0.25) is 12.3 Å². The molecule has 318 valence electrons. The molecule has 3 amide bonds. The highest BCUT2D eigenvalue weighted by Gasteiger charge is 2.37. The van der Waals surface area contributed by atoms with Crippen molar-refractivity contribution in [2.45, 2.75) is 77.3 Å². The summed E-state index contributed by atoms with van der Waals surface area (Å²) in [6.07, 6.45) is 9.66. The molecule has 0 spiro atoms. The first-order valence-electron chi connectivity index (χ1n) is 18.4. The third-order valence-corrected chi connectivity index (χ3v) is 10.6. The molecule has 7 rings (SSSR count). The number of carbonyl (C=O) groups is 3. The fraction of sp³-hybridized carbons (Fsp3) is 0.381. The normalized spacial score (nSPS) is 17.2. The number of benzene rings is 3. The van der Waals surface area contributed by atoms with E-state index in [-0.39, 0.29) is 65.7 Å². The van der Waals surface area contributed by atoms with Gasteiger partial charge in [0.15, 0.2) is 6.04 Å². The zero-order chi connectivity index (χ0) is 38.3. The van der Waals surface area contributed by atoms with Crippen LogP contribution in [0.3, 0.4) is 0 Å². The van der Waals surface area contributed by atoms with Gasteiger partial charge < -0.3 is 34.7 Å². The molecule has 59 heavy (non-hydrogen) atoms. The van der Waals surface area contributed by atoms with Crippen LogP contribution >= 0.6 is 36.2 Å². The summed E-state index contributed by atoms with van der Waals surface area (Å²) in [5, 5.41) is 2.53. The van der Waals surface area contributed by atoms with Crippen molar-refractivity contribution in [2.24, 2.45) is 4.99 Å². The summed E-state index contributed by atoms with van der Waals surface area (Å²) in [6.45, 7) is 1.21. The van der Waals surface area contributed by atoms with E-state index >= 15 is 0 Å². The number of hydrogen-bond donors (Lipinski definition) is 3. The fourth-order valence-corrected chi connectivity index (χ4v) is 7.76. The van der Waals surface area contributed by atoms with E-state index in [4.69, 9.17) is 14.9 Å². The van der Waals surface area contributed by atoms with Crippen molar-refractivity contribution in [1.29, 1.82) is 0 Å². The maximum Gasteiger partial charge on any atom is 0.407 e. The average molecular weight is 865 g/mol. The second kappa shape index (κ2) is 22.5. The smallest absolute Gasteiger partial charge is 0.407 e. The molecule has 0 radical (unpaired) electrons. The molecular weight excluding hydrogens is 808 g/mol. The summed E-state index contributed by atoms with van der Waals surface area (Å²) in [5.41, 5.74) is 6.61. The van der Waals surface area contributed by atoms with Crippen molar-refractivity contribution in [3.8, 4) is 0 Å². The quantitative estimate of drug-likeness (QED) is 0.0273. The molecule has 5 atom stereocenters. The summed E-state index contributed by atoms with van der Waals surface area (Å²) in [5.74, 6) is 0.420. The number of carbonyl (C=O) groups excluding carboxylic acids is 3. The highest BCUT2D eigenvalue weighted by atomic mass is 32.1. The number of imidazole rings is 2. The molecule has 0 bridgehead atoms. The van der Waals surface area contributed by atoms with Crippen LogP contribution in [0.5, 0.6) is 0 Å². The third-order valence-electron chi connectivity index (χ3n) is 10.1. The largest absolute Gasteiger partial charge is 0.453 e. The van der Waals surface area contributed by atoms with Crippen LogP contribution in [0.15, 0.2) is 83.9 Å². The maximum atomic E-state index is 13.9. The number of fused-ring (bicyclic) bond motifs is 2. The Kier molecular flexibility index (Phi) is 18.5. The third kappa shape index (κ3) is 11.2. The lowest BCUT2D eigenvalue weighted by atomic mass is 10.1. The molecule has 17 heteroatoms. The number of allylic oxidation sites excluding steroid dienone is 2. The van der Waals surface area contributed by atoms with E-state index in [1.54, 1.807) is 4.90 Å². The number of aromatic amines is 2. The Bertz CT molecular complexity index is 2220. The second-order valence-corrected chi connectivity index (χ2v) is 14.3. The minimum absolute atomic E-state index is 0. The van der Waals surface area contributed by atoms with Gasteiger partial charge >= 0.3 is 6.09 Å². The molecule has 2 fully saturated rings. The van der Waals surface area contributed by atoms with E-state index in [1.165, 1.54) is 14.2 Å². The molecule has 2 aliphatic rings. The number of aliphatic imine (C=N–C) groups is 1. The first-order chi connectivity index (χ1) is 26.8. The van der Waals surface area contributed by atoms with Crippen LogP contribution in [0, 0.1) is 0 Å². The number of H-pyrrole nitrogens is 2. The predicted molar refractivity (Wildman–Crippen MR) is 245 cm³/mol. The average Bonchev–Trinajstić information content (AvgIpc) is 4.03. The summed E-state index contributed by atoms with van der Waals surface area (Å²) >= 11 is 0. The molecule has 2 aliphatic heterocycles. The van der Waals surface area contributed by atoms with Crippen molar-refractivity contribution >= 4 is 82.6 Å². The summed E-state index contributed by atoms with van der Waals surface area (Å²) in [6, 6.07) is 20.7. The highest BCUT2D eigenvalue weighted by molar-refractivity contribution is 7.59. The van der Waals surface area contributed by atoms with Crippen LogP contribution in [-0.4, -0.2) is 87.1 Å². The van der Waals surface area contributed by atoms with Gasteiger partial charge in [0, 0.05) is 13.1 Å². The predicted octanol–water partition coefficient (Wildman–Crippen LogP) is 7.51. The number of rotatable bonds is 13. The lowest BCUT2D eigenvalue weighted by Crippen LogP contribution is -2.45. The highest BCUT2D eigenvalue weighted by Crippen LogP contribution is 2.35. The van der Waals surface area contributed by atoms with Gasteiger partial charge in [-0.2, -0.15) is 31.9 Å². The molecule has 3 N–H and O–H groups in total. The van der Waals surface area contributed by atoms with Crippen LogP contribution in [-0.2, 0) is 36.9 Å². The molecule has 5 aromatic rings. The summed E-state index contributed by atoms with van der Waals surface area (Å²) < 4.78 is 4.64. The summed E-state index contributed by atoms with van der Waals surface area (Å²) in [4.78, 5) is 72.8. The lowest BCUT2D eigenvalue weighted by molar-refractivity contribution is -0.188. The van der Waals surface area contributed by atoms with Crippen molar-refractivity contribution in [3.05, 3.63) is 107 Å². The molecule has 1 unspecified atom stereocenters. The van der Waals surface area contributed by atoms with Gasteiger partial charge in [-0.05, 0) is 79.5 Å². The van der Waals surface area contributed by atoms with Crippen LogP contribution in [0.4, 0.5) is 4.79 Å². The van der Waals surface area contributed by atoms with E-state index in [2.05, 4.69) is 75.6 Å². The van der Waals surface area contributed by atoms with Gasteiger partial charge in [-0.25, -0.2) is 19.8 Å². The topological polar surface area (TPSA) is 167 Å². The SMILES string of the molecule is C.C.COOC=N[C@@H](C(=O)N1CCC[C@H]1c1nc2ccc(CC=CCc3ccc4nc([C@@H]5CCCN5C(=O)[C@@H](P)NC(=O)OC)[nH]c4c3)cc2[nH]1)c1ccccc1.S.S. The standard InChI is InChI=1S/C40H45N8O6P.2CH4.2H2S/c1-52-40(51)46-37(55)39(50)48-21-9-15-33(48)36-43-29-19-17-26(23-31(29)45-36)11-7-6-10-25-16-18-28-30(22-25)44-35(42-28)32-14-8-20-47(32)38(49)34(41-24-54-53-2)27-12-4-3-5-13-27;;;;/h3-7,12-13,16-19,22-24,32-34,37H,8-11,14-15,20-21,55H2,1-2H3,(H,42,44)(H,43,45)(H,46,51);2*1H4;2*1H2/t32-,33-,34+,37+;;;;/m0..../s1. The Morgan fingerprint density at radius 1 is 0.831 bits per heavy atom. The molecule has 4 heterocycles. The second-order valence-electron chi connectivity index (χ2n) is 13.7. The van der Waals surface area contributed by atoms with E-state index in [9.17, 15) is 14.4 Å². The van der Waals surface area contributed by atoms with E-state index in [0.717, 1.165) is 95.3 Å². The molecule has 0 saturated carbocycles. The first-order valence-corrected chi connectivity index (χ1v) is 19.1. The van der Waals surface area contributed by atoms with Gasteiger partial charge in [-0.3, -0.25) is 9.59 Å². The Labute approximate surface area is 362 Å². The van der Waals surface area contributed by atoms with Gasteiger partial charge in [0.05, 0.1) is 48.4 Å². The monoisotopic (exact) mass is 864 g/mol. The Hall–Kier alpha value is -4.89. The Morgan fingerprint density at radius 3 is 1.86 bits per heavy atom. The number of aromatic nitrogens is 4. The van der Waals surface area contributed by atoms with Crippen LogP contribution < -0.4 is 5.32 Å². The molecule has 3 aromatic carbocycles. The van der Waals surface area contributed by atoms with E-state index in [0.29, 0.717) is 13.1 Å². The van der Waals surface area contributed by atoms with Crippen LogP contribution in [0.25, 0.3) is 22.1 Å². The van der Waals surface area contributed by atoms with Crippen molar-refractivity contribution in [1.82, 2.24) is 35.1 Å². The lowest BCUT2D eigenvalue weighted by Gasteiger charge is -2.26. The van der Waals surface area contributed by atoms with Crippen molar-refractivity contribution in [2.75, 3.05) is 27.3 Å². The molecular formula is C42H57N8O6PS2.